The number of imidazole rings is 1. The Bertz CT molecular complexity index is 1370. The first kappa shape index (κ1) is 18.7. The quantitative estimate of drug-likeness (QED) is 0.441. The number of hydrogen-bond acceptors (Lipinski definition) is 4. The molecule has 5 rings (SSSR count). The van der Waals surface area contributed by atoms with E-state index in [9.17, 15) is 5.26 Å². The third-order valence-electron chi connectivity index (χ3n) is 5.30. The van der Waals surface area contributed by atoms with E-state index in [0.717, 1.165) is 39.0 Å². The lowest BCUT2D eigenvalue weighted by molar-refractivity contribution is 0.414. The van der Waals surface area contributed by atoms with Crippen LogP contribution in [0.25, 0.3) is 27.9 Å². The van der Waals surface area contributed by atoms with Gasteiger partial charge in [0.1, 0.15) is 34.7 Å². The Kier molecular flexibility index (Phi) is 4.53. The molecule has 0 bridgehead atoms. The van der Waals surface area contributed by atoms with Crippen molar-refractivity contribution in [2.45, 2.75) is 6.92 Å². The number of ether oxygens (including phenoxy) is 2. The summed E-state index contributed by atoms with van der Waals surface area (Å²) in [4.78, 5) is 7.93. The van der Waals surface area contributed by atoms with E-state index in [4.69, 9.17) is 9.47 Å². The van der Waals surface area contributed by atoms with Crippen LogP contribution in [0, 0.1) is 18.3 Å². The number of aromatic amines is 1. The molecule has 1 aliphatic heterocycles. The Morgan fingerprint density at radius 1 is 1.06 bits per heavy atom. The van der Waals surface area contributed by atoms with Gasteiger partial charge in [-0.25, -0.2) is 4.98 Å². The van der Waals surface area contributed by atoms with E-state index in [2.05, 4.69) is 16.0 Å². The number of hydrogen-bond donors (Lipinski definition) is 1. The highest BCUT2D eigenvalue weighted by molar-refractivity contribution is 6.05. The number of para-hydroxylation sites is 2. The van der Waals surface area contributed by atoms with Crippen molar-refractivity contribution < 1.29 is 9.47 Å². The lowest BCUT2D eigenvalue weighted by atomic mass is 9.94. The number of allylic oxidation sites excluding steroid dienone is 3. The molecule has 0 amide bonds. The van der Waals surface area contributed by atoms with Gasteiger partial charge in [-0.1, -0.05) is 23.8 Å². The molecule has 5 nitrogen and oxygen atoms in total. The standard InChI is InChI=1S/C26H19N3O2/c1-16-7-12-24-20(13-16)19(14-25(31-24)17-8-10-18(30-2)11-9-17)21(15-27)26-28-22-5-3-4-6-23(22)29-26/h3-14H,1-2H3,(H,28,29)/b21-19+. The fraction of sp³-hybridized carbons (Fsp3) is 0.0769. The zero-order valence-corrected chi connectivity index (χ0v) is 17.1. The number of methoxy groups -OCH3 is 1. The van der Waals surface area contributed by atoms with E-state index < -0.39 is 0 Å². The molecule has 1 aliphatic rings. The van der Waals surface area contributed by atoms with Crippen LogP contribution in [-0.4, -0.2) is 17.1 Å². The molecule has 1 aromatic heterocycles. The lowest BCUT2D eigenvalue weighted by Gasteiger charge is -2.22. The molecule has 5 heteroatoms. The summed E-state index contributed by atoms with van der Waals surface area (Å²) in [6, 6.07) is 23.7. The predicted octanol–water partition coefficient (Wildman–Crippen LogP) is 5.75. The highest BCUT2D eigenvalue weighted by atomic mass is 16.5. The predicted molar refractivity (Wildman–Crippen MR) is 121 cm³/mol. The first-order chi connectivity index (χ1) is 15.2. The summed E-state index contributed by atoms with van der Waals surface area (Å²) in [7, 11) is 1.64. The molecule has 0 saturated carbocycles. The second-order valence-corrected chi connectivity index (χ2v) is 7.34. The van der Waals surface area contributed by atoms with Gasteiger partial charge in [0.25, 0.3) is 0 Å². The van der Waals surface area contributed by atoms with Gasteiger partial charge in [-0.2, -0.15) is 5.26 Å². The fourth-order valence-corrected chi connectivity index (χ4v) is 3.72. The van der Waals surface area contributed by atoms with Gasteiger partial charge in [-0.3, -0.25) is 0 Å². The van der Waals surface area contributed by atoms with Crippen LogP contribution < -0.4 is 9.47 Å². The molecule has 0 unspecified atom stereocenters. The minimum absolute atomic E-state index is 0.470. The molecule has 1 N–H and O–H groups in total. The van der Waals surface area contributed by atoms with Gasteiger partial charge in [-0.05, 0) is 61.5 Å². The minimum atomic E-state index is 0.470. The van der Waals surface area contributed by atoms with Crippen molar-refractivity contribution in [2.24, 2.45) is 0 Å². The summed E-state index contributed by atoms with van der Waals surface area (Å²) in [5, 5.41) is 10.1. The number of fused-ring (bicyclic) bond motifs is 2. The largest absolute Gasteiger partial charge is 0.497 e. The van der Waals surface area contributed by atoms with Gasteiger partial charge in [0.2, 0.25) is 0 Å². The van der Waals surface area contributed by atoms with Gasteiger partial charge in [0, 0.05) is 16.7 Å². The second-order valence-electron chi connectivity index (χ2n) is 7.34. The van der Waals surface area contributed by atoms with Gasteiger partial charge >= 0.3 is 0 Å². The maximum absolute atomic E-state index is 10.1. The normalized spacial score (nSPS) is 14.3. The Balaban J connectivity index is 1.73. The van der Waals surface area contributed by atoms with E-state index >= 15 is 0 Å². The highest BCUT2D eigenvalue weighted by Crippen LogP contribution is 2.41. The Hall–Kier alpha value is -4.30. The molecule has 2 heterocycles. The van der Waals surface area contributed by atoms with E-state index in [1.54, 1.807) is 7.11 Å². The van der Waals surface area contributed by atoms with Crippen LogP contribution in [-0.2, 0) is 0 Å². The summed E-state index contributed by atoms with van der Waals surface area (Å²) in [6.45, 7) is 2.02. The first-order valence-electron chi connectivity index (χ1n) is 9.91. The summed E-state index contributed by atoms with van der Waals surface area (Å²) in [5.41, 5.74) is 5.81. The highest BCUT2D eigenvalue weighted by Gasteiger charge is 2.23. The summed E-state index contributed by atoms with van der Waals surface area (Å²) in [5.74, 6) is 2.68. The van der Waals surface area contributed by atoms with Crippen molar-refractivity contribution in [3.63, 3.8) is 0 Å². The van der Waals surface area contributed by atoms with Gasteiger partial charge in [-0.15, -0.1) is 0 Å². The fourth-order valence-electron chi connectivity index (χ4n) is 3.72. The van der Waals surface area contributed by atoms with Crippen molar-refractivity contribution in [2.75, 3.05) is 7.11 Å². The molecule has 0 saturated heterocycles. The number of aromatic nitrogens is 2. The van der Waals surface area contributed by atoms with Crippen LogP contribution in [0.15, 0.2) is 72.8 Å². The number of aryl methyl sites for hydroxylation is 1. The van der Waals surface area contributed by atoms with Crippen LogP contribution >= 0.6 is 0 Å². The van der Waals surface area contributed by atoms with Crippen LogP contribution in [0.2, 0.25) is 0 Å². The second kappa shape index (κ2) is 7.51. The number of H-pyrrole nitrogens is 1. The lowest BCUT2D eigenvalue weighted by Crippen LogP contribution is -2.05. The average Bonchev–Trinajstić information content (AvgIpc) is 3.23. The van der Waals surface area contributed by atoms with E-state index in [0.29, 0.717) is 22.9 Å². The molecule has 0 fully saturated rings. The number of rotatable bonds is 3. The molecule has 0 atom stereocenters. The van der Waals surface area contributed by atoms with Gasteiger partial charge in [0.15, 0.2) is 0 Å². The molecule has 0 spiro atoms. The SMILES string of the molecule is COc1ccc(C2=C/C(=C(/C#N)c3nc4ccccc4[nH]3)c3cc(C)ccc3O2)cc1. The molecule has 3 aromatic carbocycles. The van der Waals surface area contributed by atoms with Crippen LogP contribution in [0.5, 0.6) is 11.5 Å². The third-order valence-corrected chi connectivity index (χ3v) is 5.30. The molecule has 0 aliphatic carbocycles. The molecular weight excluding hydrogens is 386 g/mol. The van der Waals surface area contributed by atoms with E-state index in [1.807, 2.05) is 79.7 Å². The van der Waals surface area contributed by atoms with E-state index in [1.165, 1.54) is 0 Å². The Labute approximate surface area is 179 Å². The Morgan fingerprint density at radius 2 is 1.87 bits per heavy atom. The van der Waals surface area contributed by atoms with Crippen molar-refractivity contribution in [3.05, 3.63) is 95.3 Å². The number of nitrogens with zero attached hydrogens (tertiary/aromatic N) is 2. The molecular formula is C26H19N3O2. The molecule has 0 radical (unpaired) electrons. The zero-order chi connectivity index (χ0) is 21.4. The van der Waals surface area contributed by atoms with E-state index in [-0.39, 0.29) is 0 Å². The number of benzene rings is 3. The number of nitriles is 1. The van der Waals surface area contributed by atoms with Gasteiger partial charge in [0.05, 0.1) is 18.1 Å². The zero-order valence-electron chi connectivity index (χ0n) is 17.1. The maximum atomic E-state index is 10.1. The maximum Gasteiger partial charge on any atom is 0.149 e. The summed E-state index contributed by atoms with van der Waals surface area (Å²) in [6.07, 6.45) is 1.91. The van der Waals surface area contributed by atoms with Crippen LogP contribution in [0.3, 0.4) is 0 Å². The van der Waals surface area contributed by atoms with Crippen molar-refractivity contribution in [3.8, 4) is 17.6 Å². The topological polar surface area (TPSA) is 70.9 Å². The molecule has 31 heavy (non-hydrogen) atoms. The van der Waals surface area contributed by atoms with Crippen LogP contribution in [0.4, 0.5) is 0 Å². The first-order valence-corrected chi connectivity index (χ1v) is 9.91. The van der Waals surface area contributed by atoms with Gasteiger partial charge < -0.3 is 14.5 Å². The van der Waals surface area contributed by atoms with Crippen LogP contribution in [0.1, 0.15) is 22.5 Å². The monoisotopic (exact) mass is 405 g/mol. The average molecular weight is 405 g/mol. The van der Waals surface area contributed by atoms with Crippen molar-refractivity contribution in [1.29, 1.82) is 5.26 Å². The number of nitrogens with one attached hydrogen (secondary N) is 1. The smallest absolute Gasteiger partial charge is 0.149 e. The summed E-state index contributed by atoms with van der Waals surface area (Å²) < 4.78 is 11.5. The van der Waals surface area contributed by atoms with Crippen molar-refractivity contribution in [1.82, 2.24) is 9.97 Å². The minimum Gasteiger partial charge on any atom is -0.497 e. The molecule has 4 aromatic rings. The summed E-state index contributed by atoms with van der Waals surface area (Å²) >= 11 is 0. The Morgan fingerprint density at radius 3 is 2.61 bits per heavy atom. The third kappa shape index (κ3) is 3.34. The van der Waals surface area contributed by atoms with Crippen molar-refractivity contribution >= 4 is 27.9 Å². The molecule has 150 valence electrons.